The minimum Gasteiger partial charge on any atom is -0.490 e. The molecule has 1 N–H and O–H groups in total. The Balaban J connectivity index is 1.77. The highest BCUT2D eigenvalue weighted by Gasteiger charge is 2.53. The van der Waals surface area contributed by atoms with Crippen molar-refractivity contribution >= 4 is 17.3 Å². The van der Waals surface area contributed by atoms with E-state index in [1.165, 1.54) is 12.1 Å². The molecule has 3 atom stereocenters. The standard InChI is InChI=1S/C27H29FO5/c1-16(2)33-24-9-4-18(12-17(3)29)13-23(24)20-14-27(32-15-20)11-10-22(26(30)31)25(27)19-5-7-21(28)8-6-19/h4-9,13-14,16,22,25H,10-12,15H2,1-3H3,(H,30,31)/t22-,25+,27+/m0/s1. The minimum atomic E-state index is -0.876. The van der Waals surface area contributed by atoms with E-state index in [1.54, 1.807) is 19.1 Å². The van der Waals surface area contributed by atoms with Gasteiger partial charge in [-0.1, -0.05) is 18.2 Å². The molecule has 0 radical (unpaired) electrons. The number of benzene rings is 2. The lowest BCUT2D eigenvalue weighted by atomic mass is 9.79. The summed E-state index contributed by atoms with van der Waals surface area (Å²) in [5.41, 5.74) is 2.62. The Hall–Kier alpha value is -2.99. The predicted octanol–water partition coefficient (Wildman–Crippen LogP) is 5.18. The number of carboxylic acid groups (broad SMARTS) is 1. The summed E-state index contributed by atoms with van der Waals surface area (Å²) >= 11 is 0. The van der Waals surface area contributed by atoms with Crippen LogP contribution in [0.25, 0.3) is 5.57 Å². The van der Waals surface area contributed by atoms with E-state index in [0.717, 1.165) is 22.3 Å². The summed E-state index contributed by atoms with van der Waals surface area (Å²) < 4.78 is 26.0. The molecule has 0 unspecified atom stereocenters. The van der Waals surface area contributed by atoms with Crippen LogP contribution in [0.15, 0.2) is 48.5 Å². The maximum Gasteiger partial charge on any atom is 0.307 e. The maximum absolute atomic E-state index is 13.6. The zero-order chi connectivity index (χ0) is 23.8. The van der Waals surface area contributed by atoms with E-state index in [1.807, 2.05) is 38.1 Å². The molecule has 0 aromatic heterocycles. The van der Waals surface area contributed by atoms with Gasteiger partial charge in [-0.25, -0.2) is 4.39 Å². The van der Waals surface area contributed by atoms with Gasteiger partial charge >= 0.3 is 5.97 Å². The minimum absolute atomic E-state index is 0.0332. The van der Waals surface area contributed by atoms with Gasteiger partial charge in [0, 0.05) is 17.9 Å². The van der Waals surface area contributed by atoms with E-state index in [4.69, 9.17) is 9.47 Å². The molecule has 5 nitrogen and oxygen atoms in total. The third-order valence-electron chi connectivity index (χ3n) is 6.44. The van der Waals surface area contributed by atoms with Crippen molar-refractivity contribution < 1.29 is 28.6 Å². The molecule has 0 amide bonds. The number of hydrogen-bond acceptors (Lipinski definition) is 4. The molecule has 174 valence electrons. The van der Waals surface area contributed by atoms with E-state index in [2.05, 4.69) is 0 Å². The van der Waals surface area contributed by atoms with Crippen LogP contribution in [0, 0.1) is 11.7 Å². The number of Topliss-reactive ketones (excluding diaryl/α,β-unsaturated/α-hetero) is 1. The highest BCUT2D eigenvalue weighted by Crippen LogP contribution is 2.54. The van der Waals surface area contributed by atoms with Crippen molar-refractivity contribution in [3.63, 3.8) is 0 Å². The van der Waals surface area contributed by atoms with Crippen LogP contribution in [0.5, 0.6) is 5.75 Å². The number of halogens is 1. The van der Waals surface area contributed by atoms with Gasteiger partial charge in [0.05, 0.1) is 24.2 Å². The molecule has 1 aliphatic heterocycles. The second-order valence-corrected chi connectivity index (χ2v) is 9.30. The normalized spacial score (nSPS) is 24.3. The number of carboxylic acids is 1. The van der Waals surface area contributed by atoms with Gasteiger partial charge in [-0.3, -0.25) is 9.59 Å². The summed E-state index contributed by atoms with van der Waals surface area (Å²) in [6.07, 6.45) is 3.36. The molecular formula is C27H29FO5. The van der Waals surface area contributed by atoms with Crippen molar-refractivity contribution in [2.75, 3.05) is 6.61 Å². The molecule has 2 aromatic rings. The molecule has 1 aliphatic carbocycles. The van der Waals surface area contributed by atoms with E-state index >= 15 is 0 Å². The lowest BCUT2D eigenvalue weighted by molar-refractivity contribution is -0.143. The molecule has 1 heterocycles. The number of rotatable bonds is 7. The summed E-state index contributed by atoms with van der Waals surface area (Å²) in [4.78, 5) is 23.7. The van der Waals surface area contributed by atoms with Crippen molar-refractivity contribution in [2.45, 2.75) is 57.7 Å². The fraction of sp³-hybridized carbons (Fsp3) is 0.407. The van der Waals surface area contributed by atoms with Gasteiger partial charge in [0.2, 0.25) is 0 Å². The van der Waals surface area contributed by atoms with Crippen LogP contribution in [0.2, 0.25) is 0 Å². The van der Waals surface area contributed by atoms with Crippen LogP contribution in [0.4, 0.5) is 4.39 Å². The Morgan fingerprint density at radius 3 is 2.58 bits per heavy atom. The van der Waals surface area contributed by atoms with Crippen molar-refractivity contribution in [2.24, 2.45) is 5.92 Å². The second-order valence-electron chi connectivity index (χ2n) is 9.30. The molecule has 2 aromatic carbocycles. The number of carbonyl (C=O) groups excluding carboxylic acids is 1. The molecule has 4 rings (SSSR count). The van der Waals surface area contributed by atoms with Crippen molar-refractivity contribution in [1.82, 2.24) is 0 Å². The first-order valence-electron chi connectivity index (χ1n) is 11.3. The number of aliphatic carboxylic acids is 1. The highest BCUT2D eigenvalue weighted by atomic mass is 19.1. The summed E-state index contributed by atoms with van der Waals surface area (Å²) in [6, 6.07) is 11.8. The SMILES string of the molecule is CC(=O)Cc1ccc(OC(C)C)c(C2=C[C@@]3(CC[C@H](C(=O)O)[C@H]3c3ccc(F)cc3)OC2)c1. The molecule has 1 saturated carbocycles. The number of ketones is 1. The fourth-order valence-electron chi connectivity index (χ4n) is 5.15. The van der Waals surface area contributed by atoms with E-state index < -0.39 is 23.4 Å². The Morgan fingerprint density at radius 1 is 1.21 bits per heavy atom. The Bertz CT molecular complexity index is 1090. The second kappa shape index (κ2) is 9.10. The molecule has 33 heavy (non-hydrogen) atoms. The van der Waals surface area contributed by atoms with Gasteiger partial charge in [0.1, 0.15) is 17.3 Å². The topological polar surface area (TPSA) is 72.8 Å². The van der Waals surface area contributed by atoms with Gasteiger partial charge in [-0.2, -0.15) is 0 Å². The third kappa shape index (κ3) is 4.71. The zero-order valence-electron chi connectivity index (χ0n) is 19.1. The van der Waals surface area contributed by atoms with E-state index in [-0.39, 0.29) is 17.7 Å². The molecule has 1 fully saturated rings. The third-order valence-corrected chi connectivity index (χ3v) is 6.44. The van der Waals surface area contributed by atoms with Crippen LogP contribution in [-0.2, 0) is 20.7 Å². The van der Waals surface area contributed by atoms with Crippen molar-refractivity contribution in [1.29, 1.82) is 0 Å². The average Bonchev–Trinajstić information content (AvgIpc) is 3.34. The lowest BCUT2D eigenvalue weighted by Crippen LogP contribution is -2.34. The first-order valence-corrected chi connectivity index (χ1v) is 11.3. The quantitative estimate of drug-likeness (QED) is 0.627. The molecule has 1 spiro atoms. The first kappa shape index (κ1) is 23.2. The van der Waals surface area contributed by atoms with Crippen LogP contribution in [0.3, 0.4) is 0 Å². The molecule has 6 heteroatoms. The molecule has 0 bridgehead atoms. The van der Waals surface area contributed by atoms with E-state index in [0.29, 0.717) is 31.6 Å². The van der Waals surface area contributed by atoms with Crippen LogP contribution >= 0.6 is 0 Å². The predicted molar refractivity (Wildman–Crippen MR) is 123 cm³/mol. The highest BCUT2D eigenvalue weighted by molar-refractivity contribution is 5.80. The average molecular weight is 453 g/mol. The molecule has 0 saturated heterocycles. The summed E-state index contributed by atoms with van der Waals surface area (Å²) in [5, 5.41) is 9.89. The zero-order valence-corrected chi connectivity index (χ0v) is 19.1. The number of ether oxygens (including phenoxy) is 2. The molecular weight excluding hydrogens is 423 g/mol. The maximum atomic E-state index is 13.6. The smallest absolute Gasteiger partial charge is 0.307 e. The summed E-state index contributed by atoms with van der Waals surface area (Å²) in [5.74, 6) is -1.51. The summed E-state index contributed by atoms with van der Waals surface area (Å²) in [7, 11) is 0. The fourth-order valence-corrected chi connectivity index (χ4v) is 5.15. The van der Waals surface area contributed by atoms with Gasteiger partial charge in [-0.05, 0) is 80.7 Å². The Kier molecular flexibility index (Phi) is 6.39. The van der Waals surface area contributed by atoms with Gasteiger partial charge in [-0.15, -0.1) is 0 Å². The Labute approximate surface area is 193 Å². The largest absolute Gasteiger partial charge is 0.490 e. The monoisotopic (exact) mass is 452 g/mol. The van der Waals surface area contributed by atoms with Gasteiger partial charge < -0.3 is 14.6 Å². The van der Waals surface area contributed by atoms with Crippen LogP contribution < -0.4 is 4.74 Å². The van der Waals surface area contributed by atoms with Gasteiger partial charge in [0.15, 0.2) is 0 Å². The number of carbonyl (C=O) groups is 2. The molecule has 2 aliphatic rings. The van der Waals surface area contributed by atoms with Crippen LogP contribution in [-0.4, -0.2) is 35.2 Å². The number of hydrogen-bond donors (Lipinski definition) is 1. The first-order chi connectivity index (χ1) is 15.7. The lowest BCUT2D eigenvalue weighted by Gasteiger charge is -2.31. The van der Waals surface area contributed by atoms with Gasteiger partial charge in [0.25, 0.3) is 0 Å². The summed E-state index contributed by atoms with van der Waals surface area (Å²) in [6.45, 7) is 5.77. The van der Waals surface area contributed by atoms with Crippen LogP contribution in [0.1, 0.15) is 56.2 Å². The van der Waals surface area contributed by atoms with E-state index in [9.17, 15) is 19.1 Å². The Morgan fingerprint density at radius 2 is 1.94 bits per heavy atom. The van der Waals surface area contributed by atoms with Crippen molar-refractivity contribution in [3.8, 4) is 5.75 Å². The van der Waals surface area contributed by atoms with Crippen molar-refractivity contribution in [3.05, 3.63) is 71.0 Å².